The number of aromatic nitrogens is 2. The van der Waals surface area contributed by atoms with Crippen molar-refractivity contribution < 1.29 is 27.1 Å². The number of amides is 1. The van der Waals surface area contributed by atoms with Crippen LogP contribution >= 0.6 is 0 Å². The number of halogens is 3. The first-order valence-corrected chi connectivity index (χ1v) is 10.9. The molecule has 0 fully saturated rings. The van der Waals surface area contributed by atoms with E-state index in [9.17, 15) is 18.0 Å². The average molecular weight is 464 g/mol. The molecule has 1 aromatic carbocycles. The molecular weight excluding hydrogens is 435 g/mol. The van der Waals surface area contributed by atoms with Gasteiger partial charge in [-0.2, -0.15) is 18.3 Å². The van der Waals surface area contributed by atoms with Crippen LogP contribution in [0.4, 0.5) is 13.2 Å². The summed E-state index contributed by atoms with van der Waals surface area (Å²) in [5, 5.41) is 6.27. The molecular formula is C24H28F3N3O3. The van der Waals surface area contributed by atoms with Gasteiger partial charge in [0, 0.05) is 18.8 Å². The molecule has 2 aromatic heterocycles. The SMILES string of the molecule is CCC(C)c1ccc(OCc2ccc(C(=O)NCCCn3nc(C(F)(F)F)cc3C)o2)cc1. The zero-order valence-corrected chi connectivity index (χ0v) is 18.9. The summed E-state index contributed by atoms with van der Waals surface area (Å²) in [6.45, 7) is 6.60. The van der Waals surface area contributed by atoms with Crippen LogP contribution in [0.15, 0.2) is 46.9 Å². The van der Waals surface area contributed by atoms with Crippen molar-refractivity contribution in [2.45, 2.75) is 58.9 Å². The van der Waals surface area contributed by atoms with Crippen molar-refractivity contribution in [1.82, 2.24) is 15.1 Å². The van der Waals surface area contributed by atoms with E-state index < -0.39 is 17.8 Å². The van der Waals surface area contributed by atoms with Gasteiger partial charge < -0.3 is 14.5 Å². The third-order valence-electron chi connectivity index (χ3n) is 5.43. The number of nitrogens with one attached hydrogen (secondary N) is 1. The predicted molar refractivity (Wildman–Crippen MR) is 117 cm³/mol. The Kier molecular flexibility index (Phi) is 7.84. The Morgan fingerprint density at radius 2 is 1.94 bits per heavy atom. The Morgan fingerprint density at radius 3 is 2.58 bits per heavy atom. The maximum Gasteiger partial charge on any atom is 0.435 e. The number of ether oxygens (including phenoxy) is 1. The van der Waals surface area contributed by atoms with Gasteiger partial charge in [0.05, 0.1) is 0 Å². The molecule has 33 heavy (non-hydrogen) atoms. The molecule has 3 rings (SSSR count). The van der Waals surface area contributed by atoms with Crippen LogP contribution in [-0.4, -0.2) is 22.2 Å². The third kappa shape index (κ3) is 6.63. The van der Waals surface area contributed by atoms with Gasteiger partial charge in [-0.3, -0.25) is 9.48 Å². The summed E-state index contributed by atoms with van der Waals surface area (Å²) in [4.78, 5) is 12.3. The summed E-state index contributed by atoms with van der Waals surface area (Å²) >= 11 is 0. The Morgan fingerprint density at radius 1 is 1.21 bits per heavy atom. The smallest absolute Gasteiger partial charge is 0.435 e. The van der Waals surface area contributed by atoms with Crippen molar-refractivity contribution in [2.24, 2.45) is 0 Å². The van der Waals surface area contributed by atoms with E-state index in [1.807, 2.05) is 24.3 Å². The third-order valence-corrected chi connectivity index (χ3v) is 5.43. The van der Waals surface area contributed by atoms with Gasteiger partial charge in [0.25, 0.3) is 5.91 Å². The zero-order valence-electron chi connectivity index (χ0n) is 18.9. The molecule has 1 atom stereocenters. The molecule has 0 spiro atoms. The second-order valence-electron chi connectivity index (χ2n) is 7.93. The van der Waals surface area contributed by atoms with Gasteiger partial charge in [-0.05, 0) is 61.6 Å². The van der Waals surface area contributed by atoms with Gasteiger partial charge in [-0.1, -0.05) is 26.0 Å². The van der Waals surface area contributed by atoms with Crippen LogP contribution in [0.1, 0.15) is 65.9 Å². The van der Waals surface area contributed by atoms with Crippen molar-refractivity contribution in [2.75, 3.05) is 6.54 Å². The number of aryl methyl sites for hydroxylation is 2. The second-order valence-corrected chi connectivity index (χ2v) is 7.93. The number of alkyl halides is 3. The minimum atomic E-state index is -4.47. The van der Waals surface area contributed by atoms with E-state index in [4.69, 9.17) is 9.15 Å². The Bertz CT molecular complexity index is 1060. The van der Waals surface area contributed by atoms with Gasteiger partial charge >= 0.3 is 6.18 Å². The van der Waals surface area contributed by atoms with Crippen molar-refractivity contribution in [1.29, 1.82) is 0 Å². The van der Waals surface area contributed by atoms with E-state index in [1.165, 1.54) is 10.2 Å². The van der Waals surface area contributed by atoms with E-state index in [0.717, 1.165) is 12.5 Å². The normalized spacial score (nSPS) is 12.5. The van der Waals surface area contributed by atoms with E-state index >= 15 is 0 Å². The number of carbonyl (C=O) groups is 1. The predicted octanol–water partition coefficient (Wildman–Crippen LogP) is 5.72. The molecule has 1 unspecified atom stereocenters. The lowest BCUT2D eigenvalue weighted by atomic mass is 9.99. The highest BCUT2D eigenvalue weighted by Gasteiger charge is 2.34. The van der Waals surface area contributed by atoms with E-state index in [1.54, 1.807) is 19.1 Å². The lowest BCUT2D eigenvalue weighted by Gasteiger charge is -2.10. The van der Waals surface area contributed by atoms with Crippen LogP contribution in [0.25, 0.3) is 0 Å². The fraction of sp³-hybridized carbons (Fsp3) is 0.417. The molecule has 2 heterocycles. The fourth-order valence-corrected chi connectivity index (χ4v) is 3.25. The highest BCUT2D eigenvalue weighted by Crippen LogP contribution is 2.28. The largest absolute Gasteiger partial charge is 0.486 e. The number of furan rings is 1. The molecule has 0 aliphatic heterocycles. The molecule has 0 saturated carbocycles. The number of benzene rings is 1. The number of hydrogen-bond acceptors (Lipinski definition) is 4. The molecule has 0 aliphatic carbocycles. The lowest BCUT2D eigenvalue weighted by Crippen LogP contribution is -2.25. The number of rotatable bonds is 10. The molecule has 1 amide bonds. The minimum Gasteiger partial charge on any atom is -0.486 e. The molecule has 0 saturated heterocycles. The van der Waals surface area contributed by atoms with Crippen molar-refractivity contribution >= 4 is 5.91 Å². The van der Waals surface area contributed by atoms with Crippen LogP contribution < -0.4 is 10.1 Å². The average Bonchev–Trinajstić information content (AvgIpc) is 3.41. The number of hydrogen-bond donors (Lipinski definition) is 1. The highest BCUT2D eigenvalue weighted by atomic mass is 19.4. The molecule has 178 valence electrons. The molecule has 6 nitrogen and oxygen atoms in total. The van der Waals surface area contributed by atoms with Crippen molar-refractivity contribution in [3.8, 4) is 5.75 Å². The zero-order chi connectivity index (χ0) is 24.0. The van der Waals surface area contributed by atoms with Gasteiger partial charge in [0.2, 0.25) is 0 Å². The maximum absolute atomic E-state index is 12.7. The monoisotopic (exact) mass is 463 g/mol. The van der Waals surface area contributed by atoms with Crippen LogP contribution in [0.2, 0.25) is 0 Å². The van der Waals surface area contributed by atoms with E-state index in [-0.39, 0.29) is 25.5 Å². The van der Waals surface area contributed by atoms with Crippen LogP contribution in [0.5, 0.6) is 5.75 Å². The maximum atomic E-state index is 12.7. The molecule has 9 heteroatoms. The Hall–Kier alpha value is -3.23. The first kappa shape index (κ1) is 24.4. The Balaban J connectivity index is 1.43. The van der Waals surface area contributed by atoms with Crippen LogP contribution in [0.3, 0.4) is 0 Å². The summed E-state index contributed by atoms with van der Waals surface area (Å²) in [7, 11) is 0. The van der Waals surface area contributed by atoms with Crippen molar-refractivity contribution in [3.05, 3.63) is 70.9 Å². The summed E-state index contributed by atoms with van der Waals surface area (Å²) < 4.78 is 50.7. The quantitative estimate of drug-likeness (QED) is 0.391. The summed E-state index contributed by atoms with van der Waals surface area (Å²) in [5.74, 6) is 1.47. The van der Waals surface area contributed by atoms with Crippen molar-refractivity contribution in [3.63, 3.8) is 0 Å². The summed E-state index contributed by atoms with van der Waals surface area (Å²) in [6.07, 6.45) is -2.98. The first-order chi connectivity index (χ1) is 15.7. The highest BCUT2D eigenvalue weighted by molar-refractivity contribution is 5.91. The standard InChI is InChI=1S/C24H28F3N3O3/c1-4-16(2)18-6-8-19(9-7-18)32-15-20-10-11-21(33-20)23(31)28-12-5-13-30-17(3)14-22(29-30)24(25,26)27/h6-11,14,16H,4-5,12-13,15H2,1-3H3,(H,28,31). The molecule has 0 bridgehead atoms. The van der Waals surface area contributed by atoms with Crippen LogP contribution in [-0.2, 0) is 19.3 Å². The number of nitrogens with zero attached hydrogens (tertiary/aromatic N) is 2. The van der Waals surface area contributed by atoms with Gasteiger partial charge in [0.1, 0.15) is 18.1 Å². The van der Waals surface area contributed by atoms with E-state index in [0.29, 0.717) is 29.5 Å². The molecule has 1 N–H and O–H groups in total. The lowest BCUT2D eigenvalue weighted by molar-refractivity contribution is -0.141. The van der Waals surface area contributed by atoms with Gasteiger partial charge in [-0.25, -0.2) is 0 Å². The fourth-order valence-electron chi connectivity index (χ4n) is 3.25. The van der Waals surface area contributed by atoms with E-state index in [2.05, 4.69) is 24.3 Å². The Labute approximate surface area is 190 Å². The first-order valence-electron chi connectivity index (χ1n) is 10.9. The van der Waals surface area contributed by atoms with Crippen LogP contribution in [0, 0.1) is 6.92 Å². The van der Waals surface area contributed by atoms with Gasteiger partial charge in [0.15, 0.2) is 11.5 Å². The van der Waals surface area contributed by atoms with Gasteiger partial charge in [-0.15, -0.1) is 0 Å². The minimum absolute atomic E-state index is 0.148. The molecule has 0 aliphatic rings. The number of carbonyl (C=O) groups excluding carboxylic acids is 1. The molecule has 3 aromatic rings. The summed E-state index contributed by atoms with van der Waals surface area (Å²) in [6, 6.07) is 12.2. The second kappa shape index (κ2) is 10.6. The topological polar surface area (TPSA) is 69.3 Å². The molecule has 0 radical (unpaired) electrons. The summed E-state index contributed by atoms with van der Waals surface area (Å²) in [5.41, 5.74) is 0.755.